The summed E-state index contributed by atoms with van der Waals surface area (Å²) < 4.78 is 5.90. The second-order valence-corrected chi connectivity index (χ2v) is 9.38. The normalized spacial score (nSPS) is 18.5. The second-order valence-electron chi connectivity index (χ2n) is 9.38. The molecule has 2 heterocycles. The van der Waals surface area contributed by atoms with Gasteiger partial charge in [0.15, 0.2) is 0 Å². The van der Waals surface area contributed by atoms with Crippen LogP contribution in [0.15, 0.2) is 60.9 Å². The first-order chi connectivity index (χ1) is 17.0. The van der Waals surface area contributed by atoms with Gasteiger partial charge < -0.3 is 30.7 Å². The monoisotopic (exact) mass is 476 g/mol. The molecule has 4 N–H and O–H groups in total. The summed E-state index contributed by atoms with van der Waals surface area (Å²) in [5.74, 6) is 2.77. The summed E-state index contributed by atoms with van der Waals surface area (Å²) in [6.07, 6.45) is 3.16. The van der Waals surface area contributed by atoms with Crippen molar-refractivity contribution in [3.8, 4) is 22.6 Å². The lowest BCUT2D eigenvalue weighted by Crippen LogP contribution is -2.46. The highest BCUT2D eigenvalue weighted by Gasteiger charge is 2.27. The van der Waals surface area contributed by atoms with Crippen molar-refractivity contribution in [2.45, 2.75) is 18.9 Å². The molecule has 8 nitrogen and oxygen atoms in total. The minimum Gasteiger partial charge on any atom is -0.457 e. The maximum absolute atomic E-state index is 10.8. The van der Waals surface area contributed by atoms with Gasteiger partial charge in [0.2, 0.25) is 0 Å². The summed E-state index contributed by atoms with van der Waals surface area (Å²) >= 11 is 0. The Morgan fingerprint density at radius 2 is 1.83 bits per heavy atom. The van der Waals surface area contributed by atoms with Crippen molar-refractivity contribution in [1.29, 1.82) is 0 Å². The largest absolute Gasteiger partial charge is 0.457 e. The summed E-state index contributed by atoms with van der Waals surface area (Å²) in [5, 5.41) is 14.2. The van der Waals surface area contributed by atoms with Crippen LogP contribution >= 0.6 is 0 Å². The van der Waals surface area contributed by atoms with E-state index in [0.717, 1.165) is 55.1 Å². The average molecular weight is 477 g/mol. The molecule has 0 unspecified atom stereocenters. The molecule has 0 bridgehead atoms. The van der Waals surface area contributed by atoms with Crippen LogP contribution in [-0.2, 0) is 0 Å². The van der Waals surface area contributed by atoms with Crippen LogP contribution in [0.5, 0.6) is 11.5 Å². The van der Waals surface area contributed by atoms with Crippen molar-refractivity contribution in [2.75, 3.05) is 57.9 Å². The number of nitrogens with zero attached hydrogens (tertiary/aromatic N) is 4. The molecule has 3 aromatic rings. The van der Waals surface area contributed by atoms with Crippen LogP contribution in [0.4, 0.5) is 11.6 Å². The number of anilines is 2. The van der Waals surface area contributed by atoms with Gasteiger partial charge in [0.1, 0.15) is 29.5 Å². The van der Waals surface area contributed by atoms with Gasteiger partial charge in [0.25, 0.3) is 0 Å². The van der Waals surface area contributed by atoms with E-state index in [1.54, 1.807) is 0 Å². The number of aromatic nitrogens is 2. The molecular weight excluding hydrogens is 440 g/mol. The quantitative estimate of drug-likeness (QED) is 0.408. The average Bonchev–Trinajstić information content (AvgIpc) is 2.85. The fourth-order valence-electron chi connectivity index (χ4n) is 4.46. The number of para-hydroxylation sites is 1. The number of rotatable bonds is 10. The number of likely N-dealkylation sites (tertiary alicyclic amines) is 1. The molecule has 1 aliphatic heterocycles. The molecule has 0 radical (unpaired) electrons. The molecule has 4 rings (SSSR count). The first-order valence-corrected chi connectivity index (χ1v) is 12.2. The molecular formula is C27H36N6O2. The van der Waals surface area contributed by atoms with Gasteiger partial charge in [-0.3, -0.25) is 0 Å². The number of aliphatic hydroxyl groups excluding tert-OH is 1. The van der Waals surface area contributed by atoms with Crippen molar-refractivity contribution >= 4 is 11.6 Å². The van der Waals surface area contributed by atoms with E-state index in [1.165, 1.54) is 6.33 Å². The van der Waals surface area contributed by atoms with Crippen LogP contribution < -0.4 is 15.8 Å². The lowest BCUT2D eigenvalue weighted by molar-refractivity contribution is 0.0260. The van der Waals surface area contributed by atoms with Crippen LogP contribution in [0.2, 0.25) is 0 Å². The summed E-state index contributed by atoms with van der Waals surface area (Å²) in [4.78, 5) is 13.2. The molecule has 0 spiro atoms. The zero-order chi connectivity index (χ0) is 24.6. The molecule has 0 saturated carbocycles. The number of piperidine rings is 1. The van der Waals surface area contributed by atoms with E-state index in [1.807, 2.05) is 54.6 Å². The number of nitrogens with two attached hydrogens (primary N) is 1. The van der Waals surface area contributed by atoms with Gasteiger partial charge in [0.05, 0.1) is 11.7 Å². The van der Waals surface area contributed by atoms with Crippen molar-refractivity contribution in [3.63, 3.8) is 0 Å². The second kappa shape index (κ2) is 12.0. The molecule has 2 aromatic carbocycles. The Balaban J connectivity index is 1.37. The van der Waals surface area contributed by atoms with Crippen molar-refractivity contribution in [3.05, 3.63) is 60.9 Å². The van der Waals surface area contributed by atoms with Gasteiger partial charge in [-0.15, -0.1) is 0 Å². The van der Waals surface area contributed by atoms with E-state index >= 15 is 0 Å². The number of β-amino-alcohol motifs (C(OH)–C–C–N with tert-alkyl or cyclic N) is 1. The van der Waals surface area contributed by atoms with Crippen LogP contribution in [0, 0.1) is 5.92 Å². The standard InChI is InChI=1S/C27H36N6O2/c1-32(2)14-6-15-33-16-13-21(24(34)18-33)17-29-27-25(26(28)30-19-31-27)20-9-11-23(12-10-20)35-22-7-4-3-5-8-22/h3-5,7-12,19,21,24,34H,6,13-18H2,1-2H3,(H3,28,29,30,31)/t21-,24+/m0/s1. The molecule has 1 aromatic heterocycles. The number of aliphatic hydroxyl groups is 1. The Hall–Kier alpha value is -3.20. The van der Waals surface area contributed by atoms with Crippen molar-refractivity contribution < 1.29 is 9.84 Å². The van der Waals surface area contributed by atoms with Gasteiger partial charge in [0, 0.05) is 19.0 Å². The number of nitrogens with one attached hydrogen (secondary N) is 1. The summed E-state index contributed by atoms with van der Waals surface area (Å²) in [5.41, 5.74) is 7.92. The molecule has 0 aliphatic carbocycles. The molecule has 8 heteroatoms. The Bertz CT molecular complexity index is 1060. The van der Waals surface area contributed by atoms with Crippen LogP contribution in [0.1, 0.15) is 12.8 Å². The predicted molar refractivity (Wildman–Crippen MR) is 141 cm³/mol. The van der Waals surface area contributed by atoms with E-state index in [-0.39, 0.29) is 12.0 Å². The summed E-state index contributed by atoms with van der Waals surface area (Å²) in [6.45, 7) is 4.42. The number of hydrogen-bond donors (Lipinski definition) is 3. The lowest BCUT2D eigenvalue weighted by atomic mass is 9.93. The molecule has 1 fully saturated rings. The van der Waals surface area contributed by atoms with E-state index in [4.69, 9.17) is 10.5 Å². The van der Waals surface area contributed by atoms with Crippen molar-refractivity contribution in [1.82, 2.24) is 19.8 Å². The number of benzene rings is 2. The zero-order valence-corrected chi connectivity index (χ0v) is 20.6. The highest BCUT2D eigenvalue weighted by molar-refractivity contribution is 5.83. The number of nitrogen functional groups attached to an aromatic ring is 1. The predicted octanol–water partition coefficient (Wildman–Crippen LogP) is 3.56. The zero-order valence-electron chi connectivity index (χ0n) is 20.6. The Morgan fingerprint density at radius 3 is 2.54 bits per heavy atom. The molecule has 1 saturated heterocycles. The van der Waals surface area contributed by atoms with E-state index in [2.05, 4.69) is 39.2 Å². The number of hydrogen-bond acceptors (Lipinski definition) is 8. The first-order valence-electron chi connectivity index (χ1n) is 12.2. The third-order valence-corrected chi connectivity index (χ3v) is 6.42. The minimum atomic E-state index is -0.368. The maximum Gasteiger partial charge on any atom is 0.139 e. The summed E-state index contributed by atoms with van der Waals surface area (Å²) in [6, 6.07) is 17.4. The van der Waals surface area contributed by atoms with E-state index < -0.39 is 0 Å². The van der Waals surface area contributed by atoms with Gasteiger partial charge in [-0.1, -0.05) is 30.3 Å². The van der Waals surface area contributed by atoms with Crippen LogP contribution in [-0.4, -0.2) is 77.8 Å². The fourth-order valence-corrected chi connectivity index (χ4v) is 4.46. The van der Waals surface area contributed by atoms with Gasteiger partial charge >= 0.3 is 0 Å². The lowest BCUT2D eigenvalue weighted by Gasteiger charge is -2.36. The molecule has 1 aliphatic rings. The van der Waals surface area contributed by atoms with Gasteiger partial charge in [-0.2, -0.15) is 0 Å². The van der Waals surface area contributed by atoms with Crippen LogP contribution in [0.25, 0.3) is 11.1 Å². The van der Waals surface area contributed by atoms with Gasteiger partial charge in [-0.25, -0.2) is 9.97 Å². The topological polar surface area (TPSA) is 99.8 Å². The Labute approximate surface area is 207 Å². The van der Waals surface area contributed by atoms with Gasteiger partial charge in [-0.05, 0) is 76.4 Å². The third kappa shape index (κ3) is 6.91. The molecule has 186 valence electrons. The Morgan fingerprint density at radius 1 is 1.09 bits per heavy atom. The smallest absolute Gasteiger partial charge is 0.139 e. The molecule has 2 atom stereocenters. The maximum atomic E-state index is 10.8. The minimum absolute atomic E-state index is 0.158. The van der Waals surface area contributed by atoms with E-state index in [9.17, 15) is 5.11 Å². The van der Waals surface area contributed by atoms with Crippen molar-refractivity contribution in [2.24, 2.45) is 5.92 Å². The fraction of sp³-hybridized carbons (Fsp3) is 0.407. The Kier molecular flexibility index (Phi) is 8.52. The number of ether oxygens (including phenoxy) is 1. The highest BCUT2D eigenvalue weighted by Crippen LogP contribution is 2.33. The third-order valence-electron chi connectivity index (χ3n) is 6.42. The van der Waals surface area contributed by atoms with Crippen LogP contribution in [0.3, 0.4) is 0 Å². The summed E-state index contributed by atoms with van der Waals surface area (Å²) in [7, 11) is 4.18. The first kappa shape index (κ1) is 24.9. The molecule has 35 heavy (non-hydrogen) atoms. The van der Waals surface area contributed by atoms with E-state index in [0.29, 0.717) is 24.7 Å². The SMILES string of the molecule is CN(C)CCCN1CC[C@@H](CNc2ncnc(N)c2-c2ccc(Oc3ccccc3)cc2)[C@H](O)C1. The molecule has 0 amide bonds. The highest BCUT2D eigenvalue weighted by atomic mass is 16.5.